The summed E-state index contributed by atoms with van der Waals surface area (Å²) in [5.41, 5.74) is 1.08. The third-order valence-corrected chi connectivity index (χ3v) is 4.73. The summed E-state index contributed by atoms with van der Waals surface area (Å²) in [6.45, 7) is 1.29. The van der Waals surface area contributed by atoms with Crippen molar-refractivity contribution >= 4 is 17.5 Å². The van der Waals surface area contributed by atoms with Crippen LogP contribution in [-0.4, -0.2) is 23.9 Å². The predicted molar refractivity (Wildman–Crippen MR) is 80.5 cm³/mol. The molecule has 1 aromatic carbocycles. The SMILES string of the molecule is O=C1CNC(c2cccc(Cl)c2)N1CCC1CCCC1. The van der Waals surface area contributed by atoms with Crippen LogP contribution in [0.2, 0.25) is 5.02 Å². The van der Waals surface area contributed by atoms with Crippen LogP contribution in [-0.2, 0) is 4.79 Å². The fourth-order valence-electron chi connectivity index (χ4n) is 3.39. The Bertz CT molecular complexity index is 485. The second kappa shape index (κ2) is 6.15. The van der Waals surface area contributed by atoms with E-state index in [-0.39, 0.29) is 12.1 Å². The minimum Gasteiger partial charge on any atom is -0.322 e. The third kappa shape index (κ3) is 2.99. The molecule has 1 atom stereocenters. The largest absolute Gasteiger partial charge is 0.322 e. The molecule has 1 aliphatic heterocycles. The molecule has 1 amide bonds. The smallest absolute Gasteiger partial charge is 0.238 e. The monoisotopic (exact) mass is 292 g/mol. The molecule has 1 aromatic rings. The molecule has 4 heteroatoms. The van der Waals surface area contributed by atoms with E-state index in [4.69, 9.17) is 11.6 Å². The molecule has 20 heavy (non-hydrogen) atoms. The van der Waals surface area contributed by atoms with Gasteiger partial charge >= 0.3 is 0 Å². The van der Waals surface area contributed by atoms with Crippen molar-refractivity contribution < 1.29 is 4.79 Å². The molecule has 0 aromatic heterocycles. The molecule has 1 unspecified atom stereocenters. The van der Waals surface area contributed by atoms with E-state index < -0.39 is 0 Å². The van der Waals surface area contributed by atoms with Crippen LogP contribution in [0.5, 0.6) is 0 Å². The highest BCUT2D eigenvalue weighted by molar-refractivity contribution is 6.30. The number of benzene rings is 1. The van der Waals surface area contributed by atoms with Crippen LogP contribution in [0.4, 0.5) is 0 Å². The van der Waals surface area contributed by atoms with E-state index in [0.717, 1.165) is 29.5 Å². The van der Waals surface area contributed by atoms with Crippen LogP contribution in [0.1, 0.15) is 43.8 Å². The fraction of sp³-hybridized carbons (Fsp3) is 0.562. The maximum absolute atomic E-state index is 12.1. The number of halogens is 1. The number of hydrogen-bond acceptors (Lipinski definition) is 2. The molecule has 1 saturated carbocycles. The first-order chi connectivity index (χ1) is 9.74. The molecule has 1 heterocycles. The fourth-order valence-corrected chi connectivity index (χ4v) is 3.59. The Labute approximate surface area is 125 Å². The Balaban J connectivity index is 1.68. The average molecular weight is 293 g/mol. The normalized spacial score (nSPS) is 23.8. The zero-order valence-corrected chi connectivity index (χ0v) is 12.4. The molecule has 3 rings (SSSR count). The van der Waals surface area contributed by atoms with Gasteiger partial charge in [-0.1, -0.05) is 49.4 Å². The number of carbonyl (C=O) groups is 1. The Morgan fingerprint density at radius 2 is 2.10 bits per heavy atom. The highest BCUT2D eigenvalue weighted by atomic mass is 35.5. The maximum Gasteiger partial charge on any atom is 0.238 e. The molecule has 0 bridgehead atoms. The van der Waals surface area contributed by atoms with Gasteiger partial charge in [0, 0.05) is 11.6 Å². The van der Waals surface area contributed by atoms with Crippen LogP contribution in [0.3, 0.4) is 0 Å². The Morgan fingerprint density at radius 1 is 1.30 bits per heavy atom. The summed E-state index contributed by atoms with van der Waals surface area (Å²) >= 11 is 6.06. The zero-order valence-electron chi connectivity index (χ0n) is 11.6. The highest BCUT2D eigenvalue weighted by Gasteiger charge is 2.32. The molecule has 1 saturated heterocycles. The summed E-state index contributed by atoms with van der Waals surface area (Å²) in [5.74, 6) is 1.01. The van der Waals surface area contributed by atoms with E-state index in [2.05, 4.69) is 5.32 Å². The standard InChI is InChI=1S/C16H21ClN2O/c17-14-7-3-6-13(10-14)16-18-11-15(20)19(16)9-8-12-4-1-2-5-12/h3,6-7,10,12,16,18H,1-2,4-5,8-9,11H2. The van der Waals surface area contributed by atoms with Crippen molar-refractivity contribution in [3.63, 3.8) is 0 Å². The number of nitrogens with one attached hydrogen (secondary N) is 1. The summed E-state index contributed by atoms with van der Waals surface area (Å²) in [6.07, 6.45) is 6.49. The third-order valence-electron chi connectivity index (χ3n) is 4.50. The molecule has 1 N–H and O–H groups in total. The van der Waals surface area contributed by atoms with Gasteiger partial charge in [0.2, 0.25) is 5.91 Å². The van der Waals surface area contributed by atoms with Gasteiger partial charge in [-0.05, 0) is 30.0 Å². The molecule has 2 fully saturated rings. The highest BCUT2D eigenvalue weighted by Crippen LogP contribution is 2.30. The van der Waals surface area contributed by atoms with Crippen LogP contribution in [0, 0.1) is 5.92 Å². The zero-order chi connectivity index (χ0) is 13.9. The van der Waals surface area contributed by atoms with Gasteiger partial charge in [0.1, 0.15) is 6.17 Å². The topological polar surface area (TPSA) is 32.3 Å². The number of nitrogens with zero attached hydrogens (tertiary/aromatic N) is 1. The van der Waals surface area contributed by atoms with Gasteiger partial charge < -0.3 is 4.90 Å². The first kappa shape index (κ1) is 13.9. The summed E-state index contributed by atoms with van der Waals surface area (Å²) < 4.78 is 0. The predicted octanol–water partition coefficient (Wildman–Crippen LogP) is 3.35. The van der Waals surface area contributed by atoms with Crippen LogP contribution in [0.25, 0.3) is 0 Å². The molecule has 3 nitrogen and oxygen atoms in total. The number of rotatable bonds is 4. The van der Waals surface area contributed by atoms with Crippen molar-refractivity contribution in [2.75, 3.05) is 13.1 Å². The number of carbonyl (C=O) groups excluding carboxylic acids is 1. The van der Waals surface area contributed by atoms with Gasteiger partial charge in [-0.3, -0.25) is 10.1 Å². The van der Waals surface area contributed by atoms with Crippen molar-refractivity contribution in [2.45, 2.75) is 38.3 Å². The minimum absolute atomic E-state index is 0.0115. The quantitative estimate of drug-likeness (QED) is 0.923. The summed E-state index contributed by atoms with van der Waals surface area (Å²) in [4.78, 5) is 14.1. The van der Waals surface area contributed by atoms with Crippen molar-refractivity contribution in [3.05, 3.63) is 34.9 Å². The van der Waals surface area contributed by atoms with Crippen molar-refractivity contribution in [1.29, 1.82) is 0 Å². The lowest BCUT2D eigenvalue weighted by atomic mass is 10.0. The first-order valence-electron chi connectivity index (χ1n) is 7.52. The summed E-state index contributed by atoms with van der Waals surface area (Å²) in [6, 6.07) is 7.78. The Kier molecular flexibility index (Phi) is 4.27. The van der Waals surface area contributed by atoms with Crippen LogP contribution >= 0.6 is 11.6 Å². The van der Waals surface area contributed by atoms with Gasteiger partial charge in [0.25, 0.3) is 0 Å². The number of amides is 1. The van der Waals surface area contributed by atoms with E-state index in [1.165, 1.54) is 25.7 Å². The summed E-state index contributed by atoms with van der Waals surface area (Å²) in [5, 5.41) is 4.01. The van der Waals surface area contributed by atoms with Gasteiger partial charge in [-0.15, -0.1) is 0 Å². The molecule has 2 aliphatic rings. The molecule has 0 radical (unpaired) electrons. The molecule has 1 aliphatic carbocycles. The van der Waals surface area contributed by atoms with Crippen LogP contribution in [0.15, 0.2) is 24.3 Å². The van der Waals surface area contributed by atoms with Crippen molar-refractivity contribution in [2.24, 2.45) is 5.92 Å². The Hall–Kier alpha value is -1.06. The van der Waals surface area contributed by atoms with E-state index in [0.29, 0.717) is 6.54 Å². The lowest BCUT2D eigenvalue weighted by Gasteiger charge is -2.26. The van der Waals surface area contributed by atoms with Gasteiger partial charge in [-0.2, -0.15) is 0 Å². The molecule has 108 valence electrons. The second-order valence-electron chi connectivity index (χ2n) is 5.86. The van der Waals surface area contributed by atoms with Gasteiger partial charge in [0.05, 0.1) is 6.54 Å². The van der Waals surface area contributed by atoms with Crippen molar-refractivity contribution in [3.8, 4) is 0 Å². The minimum atomic E-state index is -0.0115. The van der Waals surface area contributed by atoms with Crippen LogP contribution < -0.4 is 5.32 Å². The number of hydrogen-bond donors (Lipinski definition) is 1. The van der Waals surface area contributed by atoms with E-state index in [1.54, 1.807) is 0 Å². The Morgan fingerprint density at radius 3 is 2.85 bits per heavy atom. The molecule has 0 spiro atoms. The lowest BCUT2D eigenvalue weighted by Crippen LogP contribution is -2.32. The van der Waals surface area contributed by atoms with Gasteiger partial charge in [-0.25, -0.2) is 0 Å². The second-order valence-corrected chi connectivity index (χ2v) is 6.30. The van der Waals surface area contributed by atoms with E-state index in [1.807, 2.05) is 29.2 Å². The lowest BCUT2D eigenvalue weighted by molar-refractivity contribution is -0.128. The average Bonchev–Trinajstić information content (AvgIpc) is 3.06. The summed E-state index contributed by atoms with van der Waals surface area (Å²) in [7, 11) is 0. The van der Waals surface area contributed by atoms with E-state index >= 15 is 0 Å². The molecular formula is C16H21ClN2O. The maximum atomic E-state index is 12.1. The van der Waals surface area contributed by atoms with Gasteiger partial charge in [0.15, 0.2) is 0 Å². The molecular weight excluding hydrogens is 272 g/mol. The first-order valence-corrected chi connectivity index (χ1v) is 7.90. The van der Waals surface area contributed by atoms with Crippen molar-refractivity contribution in [1.82, 2.24) is 10.2 Å². The van der Waals surface area contributed by atoms with E-state index in [9.17, 15) is 4.79 Å².